The Morgan fingerprint density at radius 2 is 1.88 bits per heavy atom. The third-order valence-electron chi connectivity index (χ3n) is 2.99. The normalized spacial score (nSPS) is 12.8. The maximum atomic E-state index is 11.0. The summed E-state index contributed by atoms with van der Waals surface area (Å²) in [5.74, 6) is 0.417. The summed E-state index contributed by atoms with van der Waals surface area (Å²) in [5, 5.41) is 3.41. The van der Waals surface area contributed by atoms with Crippen molar-refractivity contribution in [2.75, 3.05) is 26.4 Å². The Hall–Kier alpha value is -0.610. The SMILES string of the molecule is CCOC(=O)COCCNC(C)C(CC)CC. The molecule has 102 valence electrons. The predicted octanol–water partition coefficient (Wildman–Crippen LogP) is 1.98. The van der Waals surface area contributed by atoms with Crippen LogP contribution in [0.25, 0.3) is 0 Å². The van der Waals surface area contributed by atoms with E-state index in [9.17, 15) is 4.79 Å². The average Bonchev–Trinajstić information content (AvgIpc) is 2.30. The van der Waals surface area contributed by atoms with Gasteiger partial charge in [0.15, 0.2) is 0 Å². The Bertz CT molecular complexity index is 193. The van der Waals surface area contributed by atoms with Crippen LogP contribution in [0.1, 0.15) is 40.5 Å². The summed E-state index contributed by atoms with van der Waals surface area (Å²) in [5.41, 5.74) is 0. The molecule has 0 aromatic rings. The van der Waals surface area contributed by atoms with Crippen molar-refractivity contribution in [2.24, 2.45) is 5.92 Å². The Balaban J connectivity index is 3.47. The van der Waals surface area contributed by atoms with Crippen molar-refractivity contribution in [1.29, 1.82) is 0 Å². The number of carbonyl (C=O) groups excluding carboxylic acids is 1. The van der Waals surface area contributed by atoms with Crippen molar-refractivity contribution in [2.45, 2.75) is 46.6 Å². The van der Waals surface area contributed by atoms with Crippen LogP contribution >= 0.6 is 0 Å². The van der Waals surface area contributed by atoms with Crippen LogP contribution < -0.4 is 5.32 Å². The molecule has 4 heteroatoms. The van der Waals surface area contributed by atoms with Gasteiger partial charge in [0.25, 0.3) is 0 Å². The molecule has 0 fully saturated rings. The zero-order valence-corrected chi connectivity index (χ0v) is 11.6. The van der Waals surface area contributed by atoms with E-state index in [1.165, 1.54) is 12.8 Å². The van der Waals surface area contributed by atoms with Gasteiger partial charge in [-0.15, -0.1) is 0 Å². The topological polar surface area (TPSA) is 47.6 Å². The molecule has 0 rings (SSSR count). The second-order valence-corrected chi connectivity index (χ2v) is 4.18. The molecule has 0 aliphatic carbocycles. The van der Waals surface area contributed by atoms with Gasteiger partial charge in [-0.25, -0.2) is 4.79 Å². The summed E-state index contributed by atoms with van der Waals surface area (Å²) >= 11 is 0. The van der Waals surface area contributed by atoms with Crippen LogP contribution in [0, 0.1) is 5.92 Å². The molecular formula is C13H27NO3. The van der Waals surface area contributed by atoms with Gasteiger partial charge in [-0.05, 0) is 19.8 Å². The van der Waals surface area contributed by atoms with E-state index in [1.54, 1.807) is 6.92 Å². The van der Waals surface area contributed by atoms with E-state index < -0.39 is 0 Å². The third kappa shape index (κ3) is 8.16. The number of esters is 1. The van der Waals surface area contributed by atoms with Crippen LogP contribution in [-0.2, 0) is 14.3 Å². The maximum Gasteiger partial charge on any atom is 0.332 e. The minimum atomic E-state index is -0.291. The summed E-state index contributed by atoms with van der Waals surface area (Å²) in [7, 11) is 0. The minimum Gasteiger partial charge on any atom is -0.464 e. The van der Waals surface area contributed by atoms with Crippen molar-refractivity contribution in [3.8, 4) is 0 Å². The molecule has 1 unspecified atom stereocenters. The summed E-state index contributed by atoms with van der Waals surface area (Å²) in [6, 6.07) is 0.496. The molecule has 0 saturated carbocycles. The molecule has 0 aliphatic rings. The summed E-state index contributed by atoms with van der Waals surface area (Å²) in [4.78, 5) is 11.0. The lowest BCUT2D eigenvalue weighted by atomic mass is 9.96. The molecule has 0 saturated heterocycles. The third-order valence-corrected chi connectivity index (χ3v) is 2.99. The number of carbonyl (C=O) groups is 1. The molecule has 4 nitrogen and oxygen atoms in total. The van der Waals surface area contributed by atoms with E-state index in [-0.39, 0.29) is 12.6 Å². The Morgan fingerprint density at radius 3 is 2.41 bits per heavy atom. The Morgan fingerprint density at radius 1 is 1.24 bits per heavy atom. The molecule has 0 aromatic heterocycles. The molecule has 0 heterocycles. The number of rotatable bonds is 10. The van der Waals surface area contributed by atoms with Gasteiger partial charge in [-0.3, -0.25) is 0 Å². The monoisotopic (exact) mass is 245 g/mol. The summed E-state index contributed by atoms with van der Waals surface area (Å²) < 4.78 is 9.97. The van der Waals surface area contributed by atoms with Crippen LogP contribution in [0.2, 0.25) is 0 Å². The fourth-order valence-corrected chi connectivity index (χ4v) is 1.88. The first-order valence-corrected chi connectivity index (χ1v) is 6.62. The molecule has 0 spiro atoms. The highest BCUT2D eigenvalue weighted by Gasteiger charge is 2.12. The van der Waals surface area contributed by atoms with E-state index in [0.717, 1.165) is 6.54 Å². The van der Waals surface area contributed by atoms with Crippen molar-refractivity contribution < 1.29 is 14.3 Å². The lowest BCUT2D eigenvalue weighted by Crippen LogP contribution is -2.35. The number of ether oxygens (including phenoxy) is 2. The van der Waals surface area contributed by atoms with Gasteiger partial charge in [0.1, 0.15) is 6.61 Å². The fourth-order valence-electron chi connectivity index (χ4n) is 1.88. The van der Waals surface area contributed by atoms with Gasteiger partial charge >= 0.3 is 5.97 Å². The van der Waals surface area contributed by atoms with Crippen LogP contribution in [0.3, 0.4) is 0 Å². The lowest BCUT2D eigenvalue weighted by Gasteiger charge is -2.22. The number of hydrogen-bond donors (Lipinski definition) is 1. The van der Waals surface area contributed by atoms with Crippen molar-refractivity contribution >= 4 is 5.97 Å². The molecular weight excluding hydrogens is 218 g/mol. The molecule has 0 aromatic carbocycles. The second kappa shape index (κ2) is 10.5. The number of nitrogens with one attached hydrogen (secondary N) is 1. The maximum absolute atomic E-state index is 11.0. The molecule has 1 N–H and O–H groups in total. The Kier molecular flexibility index (Phi) is 10.2. The fraction of sp³-hybridized carbons (Fsp3) is 0.923. The van der Waals surface area contributed by atoms with Gasteiger partial charge in [-0.2, -0.15) is 0 Å². The van der Waals surface area contributed by atoms with Crippen LogP contribution in [0.5, 0.6) is 0 Å². The van der Waals surface area contributed by atoms with Gasteiger partial charge in [0, 0.05) is 12.6 Å². The van der Waals surface area contributed by atoms with E-state index in [2.05, 4.69) is 26.1 Å². The van der Waals surface area contributed by atoms with Gasteiger partial charge in [-0.1, -0.05) is 26.7 Å². The first-order valence-electron chi connectivity index (χ1n) is 6.62. The van der Waals surface area contributed by atoms with Gasteiger partial charge < -0.3 is 14.8 Å². The average molecular weight is 245 g/mol. The first kappa shape index (κ1) is 16.4. The van der Waals surface area contributed by atoms with E-state index in [0.29, 0.717) is 25.2 Å². The molecule has 0 bridgehead atoms. The van der Waals surface area contributed by atoms with E-state index in [4.69, 9.17) is 9.47 Å². The van der Waals surface area contributed by atoms with E-state index in [1.807, 2.05) is 0 Å². The van der Waals surface area contributed by atoms with Crippen molar-refractivity contribution in [1.82, 2.24) is 5.32 Å². The second-order valence-electron chi connectivity index (χ2n) is 4.18. The van der Waals surface area contributed by atoms with Crippen molar-refractivity contribution in [3.63, 3.8) is 0 Å². The van der Waals surface area contributed by atoms with Crippen molar-refractivity contribution in [3.05, 3.63) is 0 Å². The van der Waals surface area contributed by atoms with Gasteiger partial charge in [0.2, 0.25) is 0 Å². The highest BCUT2D eigenvalue weighted by Crippen LogP contribution is 2.11. The molecule has 0 radical (unpaired) electrons. The van der Waals surface area contributed by atoms with Crippen LogP contribution in [-0.4, -0.2) is 38.4 Å². The predicted molar refractivity (Wildman–Crippen MR) is 69.0 cm³/mol. The summed E-state index contributed by atoms with van der Waals surface area (Å²) in [6.45, 7) is 10.2. The van der Waals surface area contributed by atoms with Crippen LogP contribution in [0.15, 0.2) is 0 Å². The number of hydrogen-bond acceptors (Lipinski definition) is 4. The van der Waals surface area contributed by atoms with Gasteiger partial charge in [0.05, 0.1) is 13.2 Å². The highest BCUT2D eigenvalue weighted by atomic mass is 16.6. The molecule has 17 heavy (non-hydrogen) atoms. The quantitative estimate of drug-likeness (QED) is 0.472. The zero-order valence-electron chi connectivity index (χ0n) is 11.6. The smallest absolute Gasteiger partial charge is 0.332 e. The molecule has 1 atom stereocenters. The van der Waals surface area contributed by atoms with Crippen LogP contribution in [0.4, 0.5) is 0 Å². The first-order chi connectivity index (χ1) is 8.15. The zero-order chi connectivity index (χ0) is 13.1. The standard InChI is InChI=1S/C13H27NO3/c1-5-12(6-2)11(4)14-8-9-16-10-13(15)17-7-3/h11-12,14H,5-10H2,1-4H3. The Labute approximate surface area is 105 Å². The largest absolute Gasteiger partial charge is 0.464 e. The minimum absolute atomic E-state index is 0.0505. The lowest BCUT2D eigenvalue weighted by molar-refractivity contribution is -0.148. The van der Waals surface area contributed by atoms with E-state index >= 15 is 0 Å². The summed E-state index contributed by atoms with van der Waals surface area (Å²) in [6.07, 6.45) is 2.38. The molecule has 0 aliphatic heterocycles. The highest BCUT2D eigenvalue weighted by molar-refractivity contribution is 5.70. The molecule has 0 amide bonds.